The molecule has 0 aliphatic rings. The van der Waals surface area contributed by atoms with E-state index >= 15 is 0 Å². The minimum atomic E-state index is -0.0360. The minimum Gasteiger partial charge on any atom is -0.348 e. The number of nitrogens with one attached hydrogen (secondary N) is 1. The highest BCUT2D eigenvalue weighted by atomic mass is 127. The first-order chi connectivity index (χ1) is 7.02. The lowest BCUT2D eigenvalue weighted by atomic mass is 10.1. The van der Waals surface area contributed by atoms with Crippen LogP contribution in [0.3, 0.4) is 0 Å². The highest BCUT2D eigenvalue weighted by Gasteiger charge is 2.10. The number of carbonyl (C=O) groups is 1. The van der Waals surface area contributed by atoms with Crippen LogP contribution < -0.4 is 5.32 Å². The molecule has 2 nitrogen and oxygen atoms in total. The van der Waals surface area contributed by atoms with Crippen molar-refractivity contribution in [3.8, 4) is 0 Å². The number of carbonyl (C=O) groups excluding carboxylic acids is 1. The van der Waals surface area contributed by atoms with Gasteiger partial charge in [-0.05, 0) is 48.1 Å². The Morgan fingerprint density at radius 1 is 1.53 bits per heavy atom. The summed E-state index contributed by atoms with van der Waals surface area (Å²) in [6, 6.07) is 5.73. The van der Waals surface area contributed by atoms with Crippen LogP contribution in [0.1, 0.15) is 22.8 Å². The van der Waals surface area contributed by atoms with Gasteiger partial charge in [-0.1, -0.05) is 24.3 Å². The lowest BCUT2D eigenvalue weighted by Gasteiger charge is -2.08. The highest BCUT2D eigenvalue weighted by molar-refractivity contribution is 14.1. The fourth-order valence-corrected chi connectivity index (χ4v) is 1.75. The predicted molar refractivity (Wildman–Crippen MR) is 71.0 cm³/mol. The van der Waals surface area contributed by atoms with E-state index in [1.165, 1.54) is 0 Å². The number of aryl methyl sites for hydroxylation is 1. The molecule has 0 radical (unpaired) electrons. The molecule has 0 heterocycles. The molecule has 15 heavy (non-hydrogen) atoms. The van der Waals surface area contributed by atoms with Gasteiger partial charge >= 0.3 is 0 Å². The van der Waals surface area contributed by atoms with Crippen molar-refractivity contribution in [2.45, 2.75) is 13.8 Å². The maximum Gasteiger partial charge on any atom is 0.252 e. The molecule has 0 atom stereocenters. The maximum atomic E-state index is 11.8. The molecule has 1 aromatic rings. The molecular weight excluding hydrogens is 301 g/mol. The largest absolute Gasteiger partial charge is 0.348 e. The first-order valence-corrected chi connectivity index (χ1v) is 5.78. The Morgan fingerprint density at radius 3 is 2.80 bits per heavy atom. The summed E-state index contributed by atoms with van der Waals surface area (Å²) in [5.41, 5.74) is 2.81. The van der Waals surface area contributed by atoms with Gasteiger partial charge in [-0.3, -0.25) is 4.79 Å². The van der Waals surface area contributed by atoms with E-state index in [0.29, 0.717) is 6.54 Å². The number of amides is 1. The molecule has 1 rings (SSSR count). The number of benzene rings is 1. The zero-order chi connectivity index (χ0) is 11.4. The molecule has 0 aliphatic heterocycles. The summed E-state index contributed by atoms with van der Waals surface area (Å²) in [6.45, 7) is 8.16. The fourth-order valence-electron chi connectivity index (χ4n) is 1.15. The maximum absolute atomic E-state index is 11.8. The number of rotatable bonds is 3. The molecule has 0 saturated carbocycles. The van der Waals surface area contributed by atoms with Gasteiger partial charge in [0.1, 0.15) is 0 Å². The molecule has 1 aromatic carbocycles. The topological polar surface area (TPSA) is 29.1 Å². The van der Waals surface area contributed by atoms with E-state index in [-0.39, 0.29) is 5.91 Å². The van der Waals surface area contributed by atoms with Gasteiger partial charge in [-0.25, -0.2) is 0 Å². The lowest BCUT2D eigenvalue weighted by Crippen LogP contribution is -2.25. The second-order valence-electron chi connectivity index (χ2n) is 3.58. The van der Waals surface area contributed by atoms with E-state index in [4.69, 9.17) is 0 Å². The Balaban J connectivity index is 2.82. The van der Waals surface area contributed by atoms with Crippen LogP contribution in [-0.4, -0.2) is 12.5 Å². The van der Waals surface area contributed by atoms with Crippen molar-refractivity contribution < 1.29 is 4.79 Å². The van der Waals surface area contributed by atoms with Gasteiger partial charge in [0.25, 0.3) is 5.91 Å². The quantitative estimate of drug-likeness (QED) is 0.674. The zero-order valence-corrected chi connectivity index (χ0v) is 11.1. The van der Waals surface area contributed by atoms with Gasteiger partial charge < -0.3 is 5.32 Å². The van der Waals surface area contributed by atoms with E-state index in [1.807, 2.05) is 32.0 Å². The molecule has 0 saturated heterocycles. The Hall–Kier alpha value is -0.840. The standard InChI is InChI=1S/C12H14INO/c1-8(2)7-14-12(15)10-6-4-5-9(3)11(10)13/h4-6H,1,7H2,2-3H3,(H,14,15). The van der Waals surface area contributed by atoms with Crippen LogP contribution in [0.15, 0.2) is 30.4 Å². The summed E-state index contributed by atoms with van der Waals surface area (Å²) in [6.07, 6.45) is 0. The zero-order valence-electron chi connectivity index (χ0n) is 8.93. The Bertz CT molecular complexity index is 399. The van der Waals surface area contributed by atoms with Crippen molar-refractivity contribution >= 4 is 28.5 Å². The monoisotopic (exact) mass is 315 g/mol. The summed E-state index contributed by atoms with van der Waals surface area (Å²) in [4.78, 5) is 11.8. The van der Waals surface area contributed by atoms with Crippen LogP contribution >= 0.6 is 22.6 Å². The molecule has 0 unspecified atom stereocenters. The Morgan fingerprint density at radius 2 is 2.20 bits per heavy atom. The molecule has 0 aliphatic carbocycles. The minimum absolute atomic E-state index is 0.0360. The average molecular weight is 315 g/mol. The van der Waals surface area contributed by atoms with E-state index in [2.05, 4.69) is 34.5 Å². The molecule has 1 amide bonds. The fraction of sp³-hybridized carbons (Fsp3) is 0.250. The van der Waals surface area contributed by atoms with Crippen molar-refractivity contribution in [1.29, 1.82) is 0 Å². The first kappa shape index (κ1) is 12.2. The van der Waals surface area contributed by atoms with Crippen LogP contribution in [0.25, 0.3) is 0 Å². The average Bonchev–Trinajstić information content (AvgIpc) is 2.18. The summed E-state index contributed by atoms with van der Waals surface area (Å²) >= 11 is 2.19. The van der Waals surface area contributed by atoms with Gasteiger partial charge in [0.15, 0.2) is 0 Å². The number of hydrogen-bond donors (Lipinski definition) is 1. The molecular formula is C12H14INO. The number of halogens is 1. The van der Waals surface area contributed by atoms with Crippen LogP contribution in [0.5, 0.6) is 0 Å². The molecule has 0 bridgehead atoms. The van der Waals surface area contributed by atoms with E-state index in [1.54, 1.807) is 0 Å². The van der Waals surface area contributed by atoms with Crippen LogP contribution in [-0.2, 0) is 0 Å². The van der Waals surface area contributed by atoms with Gasteiger partial charge in [-0.15, -0.1) is 0 Å². The van der Waals surface area contributed by atoms with E-state index in [0.717, 1.165) is 20.3 Å². The van der Waals surface area contributed by atoms with Crippen LogP contribution in [0.4, 0.5) is 0 Å². The van der Waals surface area contributed by atoms with E-state index < -0.39 is 0 Å². The molecule has 0 aromatic heterocycles. The van der Waals surface area contributed by atoms with Gasteiger partial charge in [0, 0.05) is 10.1 Å². The second-order valence-corrected chi connectivity index (χ2v) is 4.65. The van der Waals surface area contributed by atoms with Crippen molar-refractivity contribution in [2.75, 3.05) is 6.54 Å². The van der Waals surface area contributed by atoms with Gasteiger partial charge in [-0.2, -0.15) is 0 Å². The summed E-state index contributed by atoms with van der Waals surface area (Å²) < 4.78 is 1.01. The third kappa shape index (κ3) is 3.34. The SMILES string of the molecule is C=C(C)CNC(=O)c1cccc(C)c1I. The predicted octanol–water partition coefficient (Wildman–Crippen LogP) is 2.91. The Labute approximate surface area is 104 Å². The van der Waals surface area contributed by atoms with Crippen LogP contribution in [0, 0.1) is 10.5 Å². The molecule has 3 heteroatoms. The second kappa shape index (κ2) is 5.30. The van der Waals surface area contributed by atoms with Gasteiger partial charge in [0.05, 0.1) is 5.56 Å². The van der Waals surface area contributed by atoms with Crippen molar-refractivity contribution in [1.82, 2.24) is 5.32 Å². The van der Waals surface area contributed by atoms with Crippen molar-refractivity contribution in [3.63, 3.8) is 0 Å². The third-order valence-corrected chi connectivity index (χ3v) is 3.42. The van der Waals surface area contributed by atoms with Crippen molar-refractivity contribution in [2.24, 2.45) is 0 Å². The van der Waals surface area contributed by atoms with Gasteiger partial charge in [0.2, 0.25) is 0 Å². The summed E-state index contributed by atoms with van der Waals surface area (Å²) in [5.74, 6) is -0.0360. The molecule has 0 spiro atoms. The summed E-state index contributed by atoms with van der Waals surface area (Å²) in [7, 11) is 0. The summed E-state index contributed by atoms with van der Waals surface area (Å²) in [5, 5.41) is 2.82. The molecule has 1 N–H and O–H groups in total. The first-order valence-electron chi connectivity index (χ1n) is 4.70. The third-order valence-electron chi connectivity index (χ3n) is 1.99. The molecule has 0 fully saturated rings. The number of hydrogen-bond acceptors (Lipinski definition) is 1. The Kier molecular flexibility index (Phi) is 4.32. The van der Waals surface area contributed by atoms with Crippen molar-refractivity contribution in [3.05, 3.63) is 45.0 Å². The van der Waals surface area contributed by atoms with Crippen LogP contribution in [0.2, 0.25) is 0 Å². The highest BCUT2D eigenvalue weighted by Crippen LogP contribution is 2.16. The smallest absolute Gasteiger partial charge is 0.252 e. The van der Waals surface area contributed by atoms with E-state index in [9.17, 15) is 4.79 Å². The lowest BCUT2D eigenvalue weighted by molar-refractivity contribution is 0.0956. The molecule has 80 valence electrons. The normalized spacial score (nSPS) is 9.80.